The van der Waals surface area contributed by atoms with Crippen molar-refractivity contribution in [1.82, 2.24) is 4.98 Å². The highest BCUT2D eigenvalue weighted by atomic mass is 35.5. The van der Waals surface area contributed by atoms with Crippen LogP contribution < -0.4 is 14.9 Å². The average Bonchev–Trinajstić information content (AvgIpc) is 2.39. The molecule has 0 aliphatic rings. The Kier molecular flexibility index (Phi) is 3.63. The first-order valence-corrected chi connectivity index (χ1v) is 5.83. The molecule has 19 heavy (non-hydrogen) atoms. The highest BCUT2D eigenvalue weighted by Crippen LogP contribution is 2.36. The second-order valence-electron chi connectivity index (χ2n) is 3.84. The van der Waals surface area contributed by atoms with Crippen molar-refractivity contribution >= 4 is 22.5 Å². The summed E-state index contributed by atoms with van der Waals surface area (Å²) in [6.07, 6.45) is 0.110. The van der Waals surface area contributed by atoms with Crippen LogP contribution in [0.2, 0.25) is 5.02 Å². The van der Waals surface area contributed by atoms with E-state index in [2.05, 4.69) is 4.98 Å². The van der Waals surface area contributed by atoms with Crippen LogP contribution >= 0.6 is 11.6 Å². The predicted molar refractivity (Wildman–Crippen MR) is 72.0 cm³/mol. The molecule has 1 heterocycles. The number of ether oxygens (including phenoxy) is 2. The van der Waals surface area contributed by atoms with E-state index in [9.17, 15) is 4.79 Å². The summed E-state index contributed by atoms with van der Waals surface area (Å²) in [7, 11) is 2.92. The van der Waals surface area contributed by atoms with E-state index in [4.69, 9.17) is 26.3 Å². The lowest BCUT2D eigenvalue weighted by Crippen LogP contribution is -2.08. The third-order valence-corrected chi connectivity index (χ3v) is 3.01. The van der Waals surface area contributed by atoms with Crippen LogP contribution in [0.1, 0.15) is 5.69 Å². The molecule has 0 saturated heterocycles. The van der Waals surface area contributed by atoms with Crippen molar-refractivity contribution in [2.75, 3.05) is 14.2 Å². The molecule has 0 aliphatic carbocycles. The Bertz CT molecular complexity index is 731. The van der Waals surface area contributed by atoms with Gasteiger partial charge in [-0.3, -0.25) is 4.79 Å². The highest BCUT2D eigenvalue weighted by Gasteiger charge is 2.16. The van der Waals surface area contributed by atoms with Crippen LogP contribution in [0.3, 0.4) is 0 Å². The number of fused-ring (bicyclic) bond motifs is 1. The lowest BCUT2D eigenvalue weighted by Gasteiger charge is -2.12. The normalized spacial score (nSPS) is 10.2. The molecule has 0 radical (unpaired) electrons. The molecule has 0 bridgehead atoms. The van der Waals surface area contributed by atoms with Crippen molar-refractivity contribution in [2.24, 2.45) is 0 Å². The van der Waals surface area contributed by atoms with Crippen LogP contribution in [-0.4, -0.2) is 19.2 Å². The van der Waals surface area contributed by atoms with Crippen molar-refractivity contribution < 1.29 is 9.47 Å². The highest BCUT2D eigenvalue weighted by molar-refractivity contribution is 6.33. The van der Waals surface area contributed by atoms with Crippen LogP contribution in [0.4, 0.5) is 0 Å². The Morgan fingerprint density at radius 1 is 1.37 bits per heavy atom. The molecule has 6 heteroatoms. The van der Waals surface area contributed by atoms with Gasteiger partial charge in [0.2, 0.25) is 0 Å². The molecule has 5 nitrogen and oxygen atoms in total. The predicted octanol–water partition coefficient (Wildman–Crippen LogP) is 2.26. The number of halogens is 1. The first kappa shape index (κ1) is 13.2. The summed E-state index contributed by atoms with van der Waals surface area (Å²) in [5, 5.41) is 9.32. The average molecular weight is 279 g/mol. The topological polar surface area (TPSA) is 75.1 Å². The largest absolute Gasteiger partial charge is 0.494 e. The molecule has 1 aromatic carbocycles. The molecule has 0 atom stereocenters. The van der Waals surface area contributed by atoms with Crippen molar-refractivity contribution in [1.29, 1.82) is 5.26 Å². The lowest BCUT2D eigenvalue weighted by atomic mass is 10.1. The number of aromatic amines is 1. The fourth-order valence-electron chi connectivity index (χ4n) is 1.94. The third-order valence-electron chi connectivity index (χ3n) is 2.73. The van der Waals surface area contributed by atoms with Gasteiger partial charge in [-0.1, -0.05) is 11.6 Å². The quantitative estimate of drug-likeness (QED) is 0.934. The molecular weight excluding hydrogens is 268 g/mol. The molecule has 2 rings (SSSR count). The molecule has 0 fully saturated rings. The van der Waals surface area contributed by atoms with E-state index in [1.807, 2.05) is 6.07 Å². The lowest BCUT2D eigenvalue weighted by molar-refractivity contribution is 0.409. The molecule has 0 spiro atoms. The van der Waals surface area contributed by atoms with E-state index < -0.39 is 0 Å². The molecule has 0 saturated carbocycles. The zero-order valence-electron chi connectivity index (χ0n) is 10.4. The number of rotatable bonds is 3. The number of hydrogen-bond acceptors (Lipinski definition) is 4. The smallest absolute Gasteiger partial charge is 0.193 e. The minimum absolute atomic E-state index is 0.110. The van der Waals surface area contributed by atoms with Gasteiger partial charge in [-0.05, 0) is 0 Å². The zero-order valence-corrected chi connectivity index (χ0v) is 11.2. The Morgan fingerprint density at radius 2 is 2.11 bits per heavy atom. The van der Waals surface area contributed by atoms with Crippen molar-refractivity contribution in [3.05, 3.63) is 33.1 Å². The maximum absolute atomic E-state index is 12.2. The van der Waals surface area contributed by atoms with Gasteiger partial charge in [-0.15, -0.1) is 0 Å². The van der Waals surface area contributed by atoms with E-state index >= 15 is 0 Å². The Hall–Kier alpha value is -2.19. The van der Waals surface area contributed by atoms with Crippen LogP contribution in [-0.2, 0) is 6.42 Å². The summed E-state index contributed by atoms with van der Waals surface area (Å²) in [4.78, 5) is 15.2. The number of methoxy groups -OCH3 is 2. The monoisotopic (exact) mass is 278 g/mol. The maximum atomic E-state index is 12.2. The van der Waals surface area contributed by atoms with Crippen molar-refractivity contribution in [3.63, 3.8) is 0 Å². The van der Waals surface area contributed by atoms with Gasteiger partial charge in [0.25, 0.3) is 0 Å². The number of pyridine rings is 1. The zero-order chi connectivity index (χ0) is 14.0. The molecule has 0 aliphatic heterocycles. The van der Waals surface area contributed by atoms with Gasteiger partial charge in [0.05, 0.1) is 42.6 Å². The van der Waals surface area contributed by atoms with E-state index in [-0.39, 0.29) is 11.8 Å². The van der Waals surface area contributed by atoms with E-state index in [0.717, 1.165) is 0 Å². The van der Waals surface area contributed by atoms with Crippen molar-refractivity contribution in [3.8, 4) is 17.6 Å². The molecule has 0 unspecified atom stereocenters. The van der Waals surface area contributed by atoms with Gasteiger partial charge < -0.3 is 14.5 Å². The summed E-state index contributed by atoms with van der Waals surface area (Å²) >= 11 is 6.05. The van der Waals surface area contributed by atoms with E-state index in [0.29, 0.717) is 33.1 Å². The van der Waals surface area contributed by atoms with Crippen molar-refractivity contribution in [2.45, 2.75) is 6.42 Å². The number of benzene rings is 1. The van der Waals surface area contributed by atoms with Gasteiger partial charge in [0.15, 0.2) is 11.2 Å². The number of aromatic nitrogens is 1. The second kappa shape index (κ2) is 5.21. The second-order valence-corrected chi connectivity index (χ2v) is 4.24. The molecule has 2 aromatic rings. The fourth-order valence-corrected chi connectivity index (χ4v) is 2.21. The van der Waals surface area contributed by atoms with Crippen LogP contribution in [0.25, 0.3) is 10.9 Å². The Labute approximate surface area is 114 Å². The van der Waals surface area contributed by atoms with Gasteiger partial charge in [0.1, 0.15) is 5.75 Å². The summed E-state index contributed by atoms with van der Waals surface area (Å²) in [6.45, 7) is 0. The summed E-state index contributed by atoms with van der Waals surface area (Å²) in [5.74, 6) is 0.722. The molecular formula is C13H11ClN2O3. The van der Waals surface area contributed by atoms with E-state index in [1.165, 1.54) is 20.3 Å². The minimum Gasteiger partial charge on any atom is -0.494 e. The fraction of sp³-hybridized carbons (Fsp3) is 0.231. The SMILES string of the molecule is COc1cc(Cl)c(OC)c2c(=O)cc(CC#N)[nH]c12. The van der Waals surface area contributed by atoms with Crippen LogP contribution in [0.5, 0.6) is 11.5 Å². The van der Waals surface area contributed by atoms with Crippen LogP contribution in [0, 0.1) is 11.3 Å². The maximum Gasteiger partial charge on any atom is 0.193 e. The molecule has 1 aromatic heterocycles. The van der Waals surface area contributed by atoms with Crippen LogP contribution in [0.15, 0.2) is 16.9 Å². The van der Waals surface area contributed by atoms with Gasteiger partial charge in [0, 0.05) is 17.8 Å². The van der Waals surface area contributed by atoms with Gasteiger partial charge in [-0.2, -0.15) is 5.26 Å². The number of nitriles is 1. The number of nitrogens with zero attached hydrogens (tertiary/aromatic N) is 1. The minimum atomic E-state index is -0.267. The Morgan fingerprint density at radius 3 is 2.68 bits per heavy atom. The number of hydrogen-bond donors (Lipinski definition) is 1. The standard InChI is InChI=1S/C13H11ClN2O3/c1-18-10-6-8(14)13(19-2)11-9(17)5-7(3-4-15)16-12(10)11/h5-6H,3H2,1-2H3,(H,16,17). The molecule has 98 valence electrons. The summed E-state index contributed by atoms with van der Waals surface area (Å²) in [6, 6.07) is 4.91. The third kappa shape index (κ3) is 2.23. The van der Waals surface area contributed by atoms with Gasteiger partial charge >= 0.3 is 0 Å². The number of H-pyrrole nitrogens is 1. The first-order chi connectivity index (χ1) is 9.12. The summed E-state index contributed by atoms with van der Waals surface area (Å²) in [5.41, 5.74) is 0.723. The molecule has 0 amide bonds. The van der Waals surface area contributed by atoms with Gasteiger partial charge in [-0.25, -0.2) is 0 Å². The Balaban J connectivity index is 2.92. The first-order valence-electron chi connectivity index (χ1n) is 5.45. The van der Waals surface area contributed by atoms with E-state index in [1.54, 1.807) is 6.07 Å². The molecule has 1 N–H and O–H groups in total. The number of nitrogens with one attached hydrogen (secondary N) is 1. The summed E-state index contributed by atoms with van der Waals surface area (Å²) < 4.78 is 10.4.